The second-order valence-corrected chi connectivity index (χ2v) is 4.81. The van der Waals surface area contributed by atoms with Crippen LogP contribution < -0.4 is 11.1 Å². The summed E-state index contributed by atoms with van der Waals surface area (Å²) in [4.78, 5) is 0. The molecule has 2 heteroatoms. The van der Waals surface area contributed by atoms with Gasteiger partial charge in [-0.05, 0) is 31.1 Å². The number of nitrogens with two attached hydrogens (primary N) is 1. The summed E-state index contributed by atoms with van der Waals surface area (Å²) in [5.74, 6) is 0. The van der Waals surface area contributed by atoms with Gasteiger partial charge in [-0.15, -0.1) is 0 Å². The smallest absolute Gasteiger partial charge is 0.0105 e. The Labute approximate surface area is 74.9 Å². The molecule has 2 nitrogen and oxygen atoms in total. The summed E-state index contributed by atoms with van der Waals surface area (Å²) in [6, 6.07) is 1.26. The van der Waals surface area contributed by atoms with Crippen LogP contribution in [-0.2, 0) is 0 Å². The molecule has 2 rings (SSSR count). The number of rotatable bonds is 3. The fourth-order valence-corrected chi connectivity index (χ4v) is 2.14. The Bertz CT molecular complexity index is 165. The molecule has 0 aromatic rings. The highest BCUT2D eigenvalue weighted by Gasteiger charge is 2.37. The third kappa shape index (κ3) is 1.64. The van der Waals surface area contributed by atoms with Crippen molar-refractivity contribution in [2.75, 3.05) is 6.54 Å². The van der Waals surface area contributed by atoms with Gasteiger partial charge in [0, 0.05) is 18.6 Å². The van der Waals surface area contributed by atoms with Crippen LogP contribution in [0, 0.1) is 5.41 Å². The highest BCUT2D eigenvalue weighted by atomic mass is 15.0. The zero-order valence-electron chi connectivity index (χ0n) is 7.97. The Balaban J connectivity index is 1.82. The van der Waals surface area contributed by atoms with E-state index in [1.807, 2.05) is 0 Å². The maximum absolute atomic E-state index is 6.08. The summed E-state index contributed by atoms with van der Waals surface area (Å²) < 4.78 is 0. The van der Waals surface area contributed by atoms with Crippen molar-refractivity contribution in [2.45, 2.75) is 51.1 Å². The normalized spacial score (nSPS) is 42.0. The first-order valence-corrected chi connectivity index (χ1v) is 5.20. The molecule has 2 aliphatic rings. The monoisotopic (exact) mass is 168 g/mol. The van der Waals surface area contributed by atoms with Gasteiger partial charge in [-0.2, -0.15) is 0 Å². The van der Waals surface area contributed by atoms with Crippen molar-refractivity contribution in [3.63, 3.8) is 0 Å². The van der Waals surface area contributed by atoms with E-state index in [2.05, 4.69) is 12.2 Å². The molecule has 70 valence electrons. The zero-order chi connectivity index (χ0) is 8.60. The molecule has 0 aliphatic heterocycles. The molecule has 2 atom stereocenters. The molecular formula is C10H20N2. The van der Waals surface area contributed by atoms with Crippen molar-refractivity contribution in [3.05, 3.63) is 0 Å². The predicted octanol–water partition coefficient (Wildman–Crippen LogP) is 1.26. The summed E-state index contributed by atoms with van der Waals surface area (Å²) in [6.45, 7) is 3.47. The number of nitrogens with one attached hydrogen (secondary N) is 1. The lowest BCUT2D eigenvalue weighted by Gasteiger charge is -2.29. The van der Waals surface area contributed by atoms with Gasteiger partial charge in [0.05, 0.1) is 0 Å². The van der Waals surface area contributed by atoms with Crippen LogP contribution in [-0.4, -0.2) is 18.6 Å². The first kappa shape index (κ1) is 8.52. The van der Waals surface area contributed by atoms with Crippen molar-refractivity contribution < 1.29 is 0 Å². The summed E-state index contributed by atoms with van der Waals surface area (Å²) in [6.07, 6.45) is 6.62. The lowest BCUT2D eigenvalue weighted by molar-refractivity contribution is 0.277. The molecule has 2 fully saturated rings. The molecule has 0 amide bonds. The largest absolute Gasteiger partial charge is 0.327 e. The molecule has 2 aliphatic carbocycles. The molecule has 3 N–H and O–H groups in total. The highest BCUT2D eigenvalue weighted by Crippen LogP contribution is 2.36. The van der Waals surface area contributed by atoms with Crippen LogP contribution in [0.25, 0.3) is 0 Å². The first-order chi connectivity index (χ1) is 5.71. The second-order valence-electron chi connectivity index (χ2n) is 4.81. The van der Waals surface area contributed by atoms with E-state index in [1.54, 1.807) is 0 Å². The van der Waals surface area contributed by atoms with Gasteiger partial charge in [0.15, 0.2) is 0 Å². The number of hydrogen-bond donors (Lipinski definition) is 2. The molecule has 12 heavy (non-hydrogen) atoms. The Hall–Kier alpha value is -0.0800. The van der Waals surface area contributed by atoms with Gasteiger partial charge in [-0.3, -0.25) is 0 Å². The molecule has 0 aromatic heterocycles. The maximum atomic E-state index is 6.08. The Morgan fingerprint density at radius 2 is 2.17 bits per heavy atom. The van der Waals surface area contributed by atoms with Crippen molar-refractivity contribution in [2.24, 2.45) is 11.1 Å². The van der Waals surface area contributed by atoms with E-state index < -0.39 is 0 Å². The van der Waals surface area contributed by atoms with Gasteiger partial charge >= 0.3 is 0 Å². The van der Waals surface area contributed by atoms with Gasteiger partial charge in [0.1, 0.15) is 0 Å². The van der Waals surface area contributed by atoms with Crippen LogP contribution >= 0.6 is 0 Å². The fraction of sp³-hybridized carbons (Fsp3) is 1.00. The fourth-order valence-electron chi connectivity index (χ4n) is 2.14. The third-order valence-corrected chi connectivity index (χ3v) is 3.53. The van der Waals surface area contributed by atoms with Crippen LogP contribution in [0.2, 0.25) is 0 Å². The van der Waals surface area contributed by atoms with Gasteiger partial charge in [-0.25, -0.2) is 0 Å². The van der Waals surface area contributed by atoms with Crippen molar-refractivity contribution in [1.82, 2.24) is 5.32 Å². The first-order valence-electron chi connectivity index (χ1n) is 5.20. The molecule has 0 radical (unpaired) electrons. The lowest BCUT2D eigenvalue weighted by Crippen LogP contribution is -2.42. The summed E-state index contributed by atoms with van der Waals surface area (Å²) >= 11 is 0. The summed E-state index contributed by atoms with van der Waals surface area (Å²) in [7, 11) is 0. The Morgan fingerprint density at radius 1 is 1.42 bits per heavy atom. The average Bonchev–Trinajstić information content (AvgIpc) is 2.79. The minimum absolute atomic E-state index is 0.391. The van der Waals surface area contributed by atoms with Crippen molar-refractivity contribution in [3.8, 4) is 0 Å². The molecular weight excluding hydrogens is 148 g/mol. The molecule has 0 spiro atoms. The molecule has 2 saturated carbocycles. The summed E-state index contributed by atoms with van der Waals surface area (Å²) in [5, 5.41) is 3.59. The predicted molar refractivity (Wildman–Crippen MR) is 51.0 cm³/mol. The van der Waals surface area contributed by atoms with Crippen LogP contribution in [0.3, 0.4) is 0 Å². The van der Waals surface area contributed by atoms with E-state index in [-0.39, 0.29) is 0 Å². The number of hydrogen-bond acceptors (Lipinski definition) is 2. The third-order valence-electron chi connectivity index (χ3n) is 3.53. The van der Waals surface area contributed by atoms with Gasteiger partial charge in [-0.1, -0.05) is 13.3 Å². The van der Waals surface area contributed by atoms with E-state index >= 15 is 0 Å². The van der Waals surface area contributed by atoms with E-state index in [0.717, 1.165) is 12.6 Å². The molecule has 2 unspecified atom stereocenters. The zero-order valence-corrected chi connectivity index (χ0v) is 7.97. The second kappa shape index (κ2) is 3.00. The maximum Gasteiger partial charge on any atom is 0.0105 e. The van der Waals surface area contributed by atoms with Crippen molar-refractivity contribution in [1.29, 1.82) is 0 Å². The van der Waals surface area contributed by atoms with Crippen LogP contribution in [0.15, 0.2) is 0 Å². The quantitative estimate of drug-likeness (QED) is 0.665. The van der Waals surface area contributed by atoms with Crippen LogP contribution in [0.4, 0.5) is 0 Å². The minimum Gasteiger partial charge on any atom is -0.327 e. The van der Waals surface area contributed by atoms with Gasteiger partial charge < -0.3 is 11.1 Å². The van der Waals surface area contributed by atoms with E-state index in [0.29, 0.717) is 11.5 Å². The van der Waals surface area contributed by atoms with Crippen LogP contribution in [0.1, 0.15) is 39.0 Å². The SMILES string of the molecule is CC1(CNC2CC2)CCCC1N. The van der Waals surface area contributed by atoms with Gasteiger partial charge in [0.25, 0.3) is 0 Å². The van der Waals surface area contributed by atoms with E-state index in [9.17, 15) is 0 Å². The topological polar surface area (TPSA) is 38.0 Å². The minimum atomic E-state index is 0.391. The Kier molecular flexibility index (Phi) is 2.13. The highest BCUT2D eigenvalue weighted by molar-refractivity contribution is 4.94. The van der Waals surface area contributed by atoms with Crippen molar-refractivity contribution >= 4 is 0 Å². The Morgan fingerprint density at radius 3 is 2.67 bits per heavy atom. The molecule has 0 heterocycles. The van der Waals surface area contributed by atoms with E-state index in [1.165, 1.54) is 32.1 Å². The molecule has 0 saturated heterocycles. The molecule has 0 aromatic carbocycles. The average molecular weight is 168 g/mol. The molecule has 0 bridgehead atoms. The van der Waals surface area contributed by atoms with Crippen LogP contribution in [0.5, 0.6) is 0 Å². The standard InChI is InChI=1S/C10H20N2/c1-10(6-2-3-9(10)11)7-12-8-4-5-8/h8-9,12H,2-7,11H2,1H3. The van der Waals surface area contributed by atoms with E-state index in [4.69, 9.17) is 5.73 Å². The van der Waals surface area contributed by atoms with Gasteiger partial charge in [0.2, 0.25) is 0 Å². The summed E-state index contributed by atoms with van der Waals surface area (Å²) in [5.41, 5.74) is 6.47. The lowest BCUT2D eigenvalue weighted by atomic mass is 9.85.